The maximum absolute atomic E-state index is 12.9. The second kappa shape index (κ2) is 7.40. The molecule has 9 heteroatoms. The van der Waals surface area contributed by atoms with Crippen LogP contribution in [0, 0.1) is 5.82 Å². The van der Waals surface area contributed by atoms with Gasteiger partial charge in [0.05, 0.1) is 5.56 Å². The van der Waals surface area contributed by atoms with Gasteiger partial charge in [-0.1, -0.05) is 6.07 Å². The third kappa shape index (κ3) is 4.78. The average molecular weight is 376 g/mol. The van der Waals surface area contributed by atoms with E-state index in [0.29, 0.717) is 5.69 Å². The molecule has 2 N–H and O–H groups in total. The Morgan fingerprint density at radius 2 is 1.70 bits per heavy atom. The predicted molar refractivity (Wildman–Crippen MR) is 91.1 cm³/mol. The highest BCUT2D eigenvalue weighted by Gasteiger charge is 2.30. The van der Waals surface area contributed by atoms with Gasteiger partial charge in [0.1, 0.15) is 11.5 Å². The van der Waals surface area contributed by atoms with Crippen molar-refractivity contribution in [3.63, 3.8) is 0 Å². The van der Waals surface area contributed by atoms with E-state index >= 15 is 0 Å². The quantitative estimate of drug-likeness (QED) is 0.652. The summed E-state index contributed by atoms with van der Waals surface area (Å²) >= 11 is 0. The summed E-state index contributed by atoms with van der Waals surface area (Å²) in [7, 11) is 0. The second-order valence-corrected chi connectivity index (χ2v) is 5.43. The maximum Gasteiger partial charge on any atom is 0.416 e. The average Bonchev–Trinajstić information content (AvgIpc) is 2.63. The van der Waals surface area contributed by atoms with Crippen LogP contribution in [-0.2, 0) is 6.18 Å². The lowest BCUT2D eigenvalue weighted by molar-refractivity contribution is -0.137. The number of hydrogen-bond acceptors (Lipinski definition) is 4. The molecule has 0 bridgehead atoms. The Balaban J connectivity index is 1.75. The van der Waals surface area contributed by atoms with E-state index < -0.39 is 23.5 Å². The predicted octanol–water partition coefficient (Wildman–Crippen LogP) is 4.63. The minimum Gasteiger partial charge on any atom is -0.324 e. The number of rotatable bonds is 4. The molecule has 0 aliphatic carbocycles. The van der Waals surface area contributed by atoms with E-state index in [1.807, 2.05) is 0 Å². The molecule has 3 rings (SSSR count). The normalized spacial score (nSPS) is 11.1. The van der Waals surface area contributed by atoms with E-state index in [1.54, 1.807) is 0 Å². The number of aromatic nitrogens is 2. The lowest BCUT2D eigenvalue weighted by Gasteiger charge is -2.10. The van der Waals surface area contributed by atoms with Gasteiger partial charge < -0.3 is 10.6 Å². The van der Waals surface area contributed by atoms with Gasteiger partial charge in [-0.15, -0.1) is 0 Å². The Bertz CT molecular complexity index is 958. The van der Waals surface area contributed by atoms with Crippen LogP contribution in [0.2, 0.25) is 0 Å². The first-order chi connectivity index (χ1) is 12.8. The van der Waals surface area contributed by atoms with Crippen LogP contribution in [-0.4, -0.2) is 15.9 Å². The number of benzene rings is 2. The number of alkyl halides is 3. The first kappa shape index (κ1) is 18.3. The Labute approximate surface area is 151 Å². The molecule has 0 radical (unpaired) electrons. The summed E-state index contributed by atoms with van der Waals surface area (Å²) in [5.74, 6) is -1.02. The molecule has 1 amide bonds. The fourth-order valence-corrected chi connectivity index (χ4v) is 2.18. The van der Waals surface area contributed by atoms with Gasteiger partial charge in [-0.3, -0.25) is 4.79 Å². The Kier molecular flexibility index (Phi) is 5.02. The van der Waals surface area contributed by atoms with E-state index in [0.717, 1.165) is 12.1 Å². The minimum atomic E-state index is -4.51. The van der Waals surface area contributed by atoms with Gasteiger partial charge in [-0.25, -0.2) is 14.4 Å². The van der Waals surface area contributed by atoms with Crippen LogP contribution in [0.15, 0.2) is 60.8 Å². The van der Waals surface area contributed by atoms with E-state index in [9.17, 15) is 22.4 Å². The van der Waals surface area contributed by atoms with Crippen molar-refractivity contribution in [3.05, 3.63) is 77.9 Å². The van der Waals surface area contributed by atoms with E-state index in [4.69, 9.17) is 0 Å². The highest BCUT2D eigenvalue weighted by molar-refractivity contribution is 6.03. The van der Waals surface area contributed by atoms with Crippen molar-refractivity contribution in [3.8, 4) is 0 Å². The molecular formula is C18H12F4N4O. The summed E-state index contributed by atoms with van der Waals surface area (Å²) in [5, 5.41) is 5.16. The Hall–Kier alpha value is -3.49. The van der Waals surface area contributed by atoms with Gasteiger partial charge in [0.25, 0.3) is 5.91 Å². The molecule has 1 heterocycles. The minimum absolute atomic E-state index is 0.0125. The fourth-order valence-electron chi connectivity index (χ4n) is 2.18. The van der Waals surface area contributed by atoms with E-state index in [1.165, 1.54) is 48.7 Å². The number of carbonyl (C=O) groups excluding carboxylic acids is 1. The number of nitrogens with one attached hydrogen (secondary N) is 2. The third-order valence-corrected chi connectivity index (χ3v) is 3.44. The standard InChI is InChI=1S/C18H12F4N4O/c19-12-4-6-13(7-5-12)25-17-23-9-8-15(26-17)16(27)24-14-3-1-2-11(10-14)18(20,21)22/h1-10H,(H,24,27)(H,23,25,26). The highest BCUT2D eigenvalue weighted by Crippen LogP contribution is 2.30. The zero-order valence-corrected chi connectivity index (χ0v) is 13.6. The third-order valence-electron chi connectivity index (χ3n) is 3.44. The smallest absolute Gasteiger partial charge is 0.324 e. The van der Waals surface area contributed by atoms with Crippen molar-refractivity contribution in [1.82, 2.24) is 9.97 Å². The van der Waals surface area contributed by atoms with E-state index in [-0.39, 0.29) is 17.3 Å². The molecular weight excluding hydrogens is 364 g/mol. The summed E-state index contributed by atoms with van der Waals surface area (Å²) in [5.41, 5.74) is -0.429. The number of carbonyl (C=O) groups is 1. The summed E-state index contributed by atoms with van der Waals surface area (Å²) in [6, 6.07) is 11.0. The van der Waals surface area contributed by atoms with Crippen molar-refractivity contribution >= 4 is 23.2 Å². The highest BCUT2D eigenvalue weighted by atomic mass is 19.4. The van der Waals surface area contributed by atoms with E-state index in [2.05, 4.69) is 20.6 Å². The second-order valence-electron chi connectivity index (χ2n) is 5.43. The molecule has 3 aromatic rings. The summed E-state index contributed by atoms with van der Waals surface area (Å²) < 4.78 is 51.2. The number of amides is 1. The van der Waals surface area contributed by atoms with Gasteiger partial charge in [0.2, 0.25) is 5.95 Å². The molecule has 1 aromatic heterocycles. The zero-order chi connectivity index (χ0) is 19.4. The van der Waals surface area contributed by atoms with Gasteiger partial charge >= 0.3 is 6.18 Å². The largest absolute Gasteiger partial charge is 0.416 e. The topological polar surface area (TPSA) is 66.9 Å². The first-order valence-corrected chi connectivity index (χ1v) is 7.65. The molecule has 0 spiro atoms. The van der Waals surface area contributed by atoms with Gasteiger partial charge in [-0.2, -0.15) is 13.2 Å². The van der Waals surface area contributed by atoms with Gasteiger partial charge in [0.15, 0.2) is 0 Å². The maximum atomic E-state index is 12.9. The molecule has 0 saturated heterocycles. The number of nitrogens with zero attached hydrogens (tertiary/aromatic N) is 2. The SMILES string of the molecule is O=C(Nc1cccc(C(F)(F)F)c1)c1ccnc(Nc2ccc(F)cc2)n1. The molecule has 5 nitrogen and oxygen atoms in total. The van der Waals surface area contributed by atoms with Crippen molar-refractivity contribution < 1.29 is 22.4 Å². The monoisotopic (exact) mass is 376 g/mol. The Morgan fingerprint density at radius 1 is 0.963 bits per heavy atom. The fraction of sp³-hybridized carbons (Fsp3) is 0.0556. The van der Waals surface area contributed by atoms with Crippen LogP contribution in [0.25, 0.3) is 0 Å². The molecule has 0 unspecified atom stereocenters. The van der Waals surface area contributed by atoms with Gasteiger partial charge in [-0.05, 0) is 48.5 Å². The Morgan fingerprint density at radius 3 is 2.41 bits per heavy atom. The van der Waals surface area contributed by atoms with Crippen LogP contribution < -0.4 is 10.6 Å². The van der Waals surface area contributed by atoms with Crippen LogP contribution >= 0.6 is 0 Å². The van der Waals surface area contributed by atoms with Crippen LogP contribution in [0.1, 0.15) is 16.1 Å². The van der Waals surface area contributed by atoms with Crippen molar-refractivity contribution in [2.24, 2.45) is 0 Å². The number of halogens is 4. The van der Waals surface area contributed by atoms with Crippen molar-refractivity contribution in [2.75, 3.05) is 10.6 Å². The summed E-state index contributed by atoms with van der Waals surface area (Å²) in [6.45, 7) is 0. The van der Waals surface area contributed by atoms with Crippen LogP contribution in [0.3, 0.4) is 0 Å². The van der Waals surface area contributed by atoms with Crippen molar-refractivity contribution in [1.29, 1.82) is 0 Å². The van der Waals surface area contributed by atoms with Crippen LogP contribution in [0.4, 0.5) is 34.9 Å². The molecule has 0 fully saturated rings. The molecule has 2 aromatic carbocycles. The number of hydrogen-bond donors (Lipinski definition) is 2. The van der Waals surface area contributed by atoms with Gasteiger partial charge in [0, 0.05) is 17.6 Å². The zero-order valence-electron chi connectivity index (χ0n) is 13.6. The number of anilines is 3. The van der Waals surface area contributed by atoms with Crippen molar-refractivity contribution in [2.45, 2.75) is 6.18 Å². The molecule has 138 valence electrons. The lowest BCUT2D eigenvalue weighted by atomic mass is 10.2. The molecule has 0 saturated carbocycles. The summed E-state index contributed by atoms with van der Waals surface area (Å²) in [4.78, 5) is 20.2. The molecule has 0 aliphatic rings. The molecule has 0 aliphatic heterocycles. The molecule has 0 atom stereocenters. The van der Waals surface area contributed by atoms with Crippen LogP contribution in [0.5, 0.6) is 0 Å². The molecule has 27 heavy (non-hydrogen) atoms. The first-order valence-electron chi connectivity index (χ1n) is 7.65. The lowest BCUT2D eigenvalue weighted by Crippen LogP contribution is -2.15. The summed E-state index contributed by atoms with van der Waals surface area (Å²) in [6.07, 6.45) is -3.19.